The van der Waals surface area contributed by atoms with Crippen LogP contribution in [0.4, 0.5) is 17.6 Å². The van der Waals surface area contributed by atoms with Gasteiger partial charge in [-0.05, 0) is 48.2 Å². The smallest absolute Gasteiger partial charge is 0.335 e. The van der Waals surface area contributed by atoms with Crippen LogP contribution in [0.25, 0.3) is 0 Å². The Hall–Kier alpha value is -2.87. The van der Waals surface area contributed by atoms with E-state index in [2.05, 4.69) is 0 Å². The highest BCUT2D eigenvalue weighted by molar-refractivity contribution is 5.88. The fourth-order valence-corrected chi connectivity index (χ4v) is 3.21. The van der Waals surface area contributed by atoms with Gasteiger partial charge < -0.3 is 15.6 Å². The summed E-state index contributed by atoms with van der Waals surface area (Å²) in [6.45, 7) is -0.0271. The average Bonchev–Trinajstić information content (AvgIpc) is 2.64. The van der Waals surface area contributed by atoms with Crippen LogP contribution in [0.15, 0.2) is 42.0 Å². The van der Waals surface area contributed by atoms with Crippen LogP contribution in [0.2, 0.25) is 0 Å². The molecule has 0 saturated heterocycles. The molecular weight excluding hydrogens is 378 g/mol. The van der Waals surface area contributed by atoms with E-state index in [4.69, 9.17) is 15.6 Å². The summed E-state index contributed by atoms with van der Waals surface area (Å²) in [5, 5.41) is 8.96. The monoisotopic (exact) mass is 395 g/mol. The molecule has 0 bridgehead atoms. The standard InChI is InChI=1S/C20H17F4NO3/c21-14-4-2-11(20(26)27)6-19(14)28-9-10-1-3-12(18(25)5-10)13-7-16(23)17(24)8-15(13)22/h1-2,4,6-8,12,18H,3,5,9,25H2,(H,26,27). The fraction of sp³-hybridized carbons (Fsp3) is 0.250. The molecule has 2 unspecified atom stereocenters. The molecular formula is C20H17F4NO3. The summed E-state index contributed by atoms with van der Waals surface area (Å²) >= 11 is 0. The molecule has 4 nitrogen and oxygen atoms in total. The highest BCUT2D eigenvalue weighted by atomic mass is 19.2. The number of nitrogens with two attached hydrogens (primary N) is 1. The zero-order chi connectivity index (χ0) is 20.4. The Morgan fingerprint density at radius 2 is 1.79 bits per heavy atom. The minimum Gasteiger partial charge on any atom is -0.486 e. The van der Waals surface area contributed by atoms with Crippen LogP contribution >= 0.6 is 0 Å². The molecule has 0 amide bonds. The van der Waals surface area contributed by atoms with Gasteiger partial charge >= 0.3 is 5.97 Å². The molecule has 148 valence electrons. The van der Waals surface area contributed by atoms with Crippen molar-refractivity contribution in [3.63, 3.8) is 0 Å². The van der Waals surface area contributed by atoms with Crippen LogP contribution in [0, 0.1) is 23.3 Å². The van der Waals surface area contributed by atoms with E-state index in [0.29, 0.717) is 11.6 Å². The van der Waals surface area contributed by atoms with Crippen molar-refractivity contribution in [3.8, 4) is 5.75 Å². The van der Waals surface area contributed by atoms with Crippen molar-refractivity contribution in [2.24, 2.45) is 5.73 Å². The van der Waals surface area contributed by atoms with Crippen molar-refractivity contribution >= 4 is 5.97 Å². The molecule has 2 atom stereocenters. The largest absolute Gasteiger partial charge is 0.486 e. The number of carboxylic acid groups (broad SMARTS) is 1. The van der Waals surface area contributed by atoms with Crippen LogP contribution in [-0.2, 0) is 0 Å². The van der Waals surface area contributed by atoms with E-state index in [1.807, 2.05) is 0 Å². The Balaban J connectivity index is 1.71. The van der Waals surface area contributed by atoms with E-state index in [0.717, 1.165) is 24.3 Å². The maximum atomic E-state index is 14.0. The second-order valence-corrected chi connectivity index (χ2v) is 6.60. The molecule has 1 aliphatic rings. The lowest BCUT2D eigenvalue weighted by Gasteiger charge is -2.29. The van der Waals surface area contributed by atoms with E-state index in [1.54, 1.807) is 6.08 Å². The fourth-order valence-electron chi connectivity index (χ4n) is 3.21. The van der Waals surface area contributed by atoms with E-state index in [1.165, 1.54) is 0 Å². The topological polar surface area (TPSA) is 72.5 Å². The van der Waals surface area contributed by atoms with Gasteiger partial charge in [0, 0.05) is 18.0 Å². The van der Waals surface area contributed by atoms with Gasteiger partial charge in [-0.2, -0.15) is 0 Å². The van der Waals surface area contributed by atoms with Gasteiger partial charge in [0.25, 0.3) is 0 Å². The van der Waals surface area contributed by atoms with Crippen molar-refractivity contribution in [2.45, 2.75) is 24.8 Å². The highest BCUT2D eigenvalue weighted by Crippen LogP contribution is 2.34. The Labute approximate surface area is 158 Å². The van der Waals surface area contributed by atoms with Crippen molar-refractivity contribution < 1.29 is 32.2 Å². The van der Waals surface area contributed by atoms with Gasteiger partial charge in [0.2, 0.25) is 0 Å². The van der Waals surface area contributed by atoms with Crippen LogP contribution in [0.1, 0.15) is 34.7 Å². The predicted octanol–water partition coefficient (Wildman–Crippen LogP) is 4.15. The van der Waals surface area contributed by atoms with Gasteiger partial charge in [0.15, 0.2) is 23.2 Å². The Bertz CT molecular complexity index is 945. The van der Waals surface area contributed by atoms with Crippen molar-refractivity contribution in [2.75, 3.05) is 6.61 Å². The molecule has 0 fully saturated rings. The molecule has 0 aliphatic heterocycles. The van der Waals surface area contributed by atoms with E-state index in [-0.39, 0.29) is 36.3 Å². The molecule has 0 heterocycles. The second-order valence-electron chi connectivity index (χ2n) is 6.60. The zero-order valence-electron chi connectivity index (χ0n) is 14.6. The van der Waals surface area contributed by atoms with Gasteiger partial charge in [-0.3, -0.25) is 0 Å². The quantitative estimate of drug-likeness (QED) is 0.453. The summed E-state index contributed by atoms with van der Waals surface area (Å²) in [5.74, 6) is -5.92. The number of halogens is 4. The lowest BCUT2D eigenvalue weighted by Crippen LogP contribution is -2.33. The van der Waals surface area contributed by atoms with Crippen molar-refractivity contribution in [1.29, 1.82) is 0 Å². The van der Waals surface area contributed by atoms with Crippen LogP contribution in [0.3, 0.4) is 0 Å². The number of carboxylic acids is 1. The highest BCUT2D eigenvalue weighted by Gasteiger charge is 2.28. The number of allylic oxidation sites excluding steroid dienone is 1. The molecule has 1 aliphatic carbocycles. The maximum absolute atomic E-state index is 14.0. The van der Waals surface area contributed by atoms with Crippen LogP contribution in [0.5, 0.6) is 5.75 Å². The number of hydrogen-bond acceptors (Lipinski definition) is 3. The van der Waals surface area contributed by atoms with Crippen LogP contribution < -0.4 is 10.5 Å². The molecule has 28 heavy (non-hydrogen) atoms. The van der Waals surface area contributed by atoms with Gasteiger partial charge in [-0.15, -0.1) is 0 Å². The Morgan fingerprint density at radius 1 is 1.07 bits per heavy atom. The second kappa shape index (κ2) is 8.02. The molecule has 0 spiro atoms. The minimum absolute atomic E-state index is 0.00261. The third-order valence-electron chi connectivity index (χ3n) is 4.71. The summed E-state index contributed by atoms with van der Waals surface area (Å²) in [6.07, 6.45) is 2.29. The Morgan fingerprint density at radius 3 is 2.46 bits per heavy atom. The molecule has 2 aromatic carbocycles. The molecule has 3 rings (SSSR count). The van der Waals surface area contributed by atoms with Gasteiger partial charge in [0.1, 0.15) is 12.4 Å². The first-order chi connectivity index (χ1) is 13.3. The molecule has 8 heteroatoms. The molecule has 0 saturated carbocycles. The summed E-state index contributed by atoms with van der Waals surface area (Å²) in [6, 6.07) is 3.96. The van der Waals surface area contributed by atoms with Gasteiger partial charge in [-0.1, -0.05) is 6.08 Å². The minimum atomic E-state index is -1.26. The van der Waals surface area contributed by atoms with Gasteiger partial charge in [-0.25, -0.2) is 22.4 Å². The first-order valence-electron chi connectivity index (χ1n) is 8.50. The number of benzene rings is 2. The van der Waals surface area contributed by atoms with Gasteiger partial charge in [0.05, 0.1) is 5.56 Å². The Kier molecular flexibility index (Phi) is 5.69. The predicted molar refractivity (Wildman–Crippen MR) is 93.2 cm³/mol. The first kappa shape index (κ1) is 19.9. The normalized spacial score (nSPS) is 19.2. The zero-order valence-corrected chi connectivity index (χ0v) is 14.6. The van der Waals surface area contributed by atoms with E-state index in [9.17, 15) is 22.4 Å². The van der Waals surface area contributed by atoms with E-state index >= 15 is 0 Å². The molecule has 0 aromatic heterocycles. The van der Waals surface area contributed by atoms with Crippen molar-refractivity contribution in [3.05, 3.63) is 76.4 Å². The van der Waals surface area contributed by atoms with Crippen LogP contribution in [-0.4, -0.2) is 23.7 Å². The first-order valence-corrected chi connectivity index (χ1v) is 8.50. The molecule has 0 radical (unpaired) electrons. The number of carbonyl (C=O) groups is 1. The number of hydrogen-bond donors (Lipinski definition) is 2. The number of rotatable bonds is 5. The van der Waals surface area contributed by atoms with Crippen molar-refractivity contribution in [1.82, 2.24) is 0 Å². The summed E-state index contributed by atoms with van der Waals surface area (Å²) in [5.41, 5.74) is 6.70. The average molecular weight is 395 g/mol. The molecule has 2 aromatic rings. The SMILES string of the molecule is NC1CC(COc2cc(C(=O)O)ccc2F)=CCC1c1cc(F)c(F)cc1F. The lowest BCUT2D eigenvalue weighted by molar-refractivity contribution is 0.0696. The third kappa shape index (κ3) is 4.17. The number of ether oxygens (including phenoxy) is 1. The summed E-state index contributed by atoms with van der Waals surface area (Å²) in [4.78, 5) is 11.0. The summed E-state index contributed by atoms with van der Waals surface area (Å²) < 4.78 is 59.7. The third-order valence-corrected chi connectivity index (χ3v) is 4.71. The molecule has 3 N–H and O–H groups in total. The van der Waals surface area contributed by atoms with E-state index < -0.39 is 41.2 Å². The lowest BCUT2D eigenvalue weighted by atomic mass is 9.81. The number of aromatic carboxylic acids is 1. The summed E-state index contributed by atoms with van der Waals surface area (Å²) in [7, 11) is 0. The maximum Gasteiger partial charge on any atom is 0.335 e.